The van der Waals surface area contributed by atoms with E-state index in [4.69, 9.17) is 4.74 Å². The van der Waals surface area contributed by atoms with Gasteiger partial charge in [-0.2, -0.15) is 0 Å². The second kappa shape index (κ2) is 5.93. The van der Waals surface area contributed by atoms with E-state index in [0.29, 0.717) is 6.41 Å². The van der Waals surface area contributed by atoms with Gasteiger partial charge in [0.05, 0.1) is 13.2 Å². The van der Waals surface area contributed by atoms with Crippen LogP contribution in [-0.2, 0) is 9.53 Å². The van der Waals surface area contributed by atoms with Gasteiger partial charge in [0.2, 0.25) is 6.41 Å². The topological polar surface area (TPSA) is 53.6 Å². The molecule has 1 aliphatic heterocycles. The fraction of sp³-hybridized carbons (Fsp3) is 0.857. The number of ether oxygens (including phenoxy) is 1. The summed E-state index contributed by atoms with van der Waals surface area (Å²) in [6, 6.07) is 0. The molecule has 0 spiro atoms. The average molecular weight is 173 g/mol. The molecule has 0 unspecified atom stereocenters. The fourth-order valence-corrected chi connectivity index (χ4v) is 1.15. The van der Waals surface area contributed by atoms with Gasteiger partial charge in [0.15, 0.2) is 0 Å². The minimum atomic E-state index is 0.638. The monoisotopic (exact) mass is 173 g/mol. The van der Waals surface area contributed by atoms with E-state index < -0.39 is 0 Å². The first kappa shape index (κ1) is 9.44. The van der Waals surface area contributed by atoms with Gasteiger partial charge in [-0.15, -0.1) is 0 Å². The van der Waals surface area contributed by atoms with Crippen LogP contribution in [0.25, 0.3) is 0 Å². The largest absolute Gasteiger partial charge is 0.379 e. The SMILES string of the molecule is O=CNNCCN1CCOCC1. The Bertz CT molecular complexity index is 126. The number of carbonyl (C=O) groups excluding carboxylic acids is 1. The Labute approximate surface area is 72.0 Å². The van der Waals surface area contributed by atoms with Crippen molar-refractivity contribution in [3.05, 3.63) is 0 Å². The lowest BCUT2D eigenvalue weighted by Crippen LogP contribution is -2.42. The molecule has 1 rings (SSSR count). The first-order chi connectivity index (χ1) is 5.93. The number of hydrogen-bond acceptors (Lipinski definition) is 4. The highest BCUT2D eigenvalue weighted by Crippen LogP contribution is 1.94. The molecule has 0 bridgehead atoms. The lowest BCUT2D eigenvalue weighted by Gasteiger charge is -2.26. The van der Waals surface area contributed by atoms with Crippen molar-refractivity contribution in [2.75, 3.05) is 39.4 Å². The first-order valence-electron chi connectivity index (χ1n) is 4.15. The molecule has 1 amide bonds. The quantitative estimate of drug-likeness (QED) is 0.304. The molecule has 1 heterocycles. The number of nitrogens with zero attached hydrogens (tertiary/aromatic N) is 1. The Kier molecular flexibility index (Phi) is 4.67. The summed E-state index contributed by atoms with van der Waals surface area (Å²) in [5.41, 5.74) is 5.18. The van der Waals surface area contributed by atoms with Gasteiger partial charge in [-0.05, 0) is 0 Å². The highest BCUT2D eigenvalue weighted by molar-refractivity contribution is 5.44. The molecule has 0 saturated carbocycles. The Morgan fingerprint density at radius 2 is 2.17 bits per heavy atom. The van der Waals surface area contributed by atoms with Crippen molar-refractivity contribution in [3.63, 3.8) is 0 Å². The molecule has 12 heavy (non-hydrogen) atoms. The molecular weight excluding hydrogens is 158 g/mol. The van der Waals surface area contributed by atoms with Gasteiger partial charge in [-0.25, -0.2) is 5.43 Å². The van der Waals surface area contributed by atoms with E-state index in [2.05, 4.69) is 15.8 Å². The molecule has 5 nitrogen and oxygen atoms in total. The van der Waals surface area contributed by atoms with E-state index >= 15 is 0 Å². The lowest BCUT2D eigenvalue weighted by molar-refractivity contribution is -0.110. The van der Waals surface area contributed by atoms with Crippen molar-refractivity contribution in [1.82, 2.24) is 15.8 Å². The van der Waals surface area contributed by atoms with Crippen LogP contribution in [-0.4, -0.2) is 50.7 Å². The Morgan fingerprint density at radius 1 is 1.42 bits per heavy atom. The van der Waals surface area contributed by atoms with E-state index in [9.17, 15) is 4.79 Å². The van der Waals surface area contributed by atoms with E-state index in [1.807, 2.05) is 0 Å². The standard InChI is InChI=1S/C7H15N3O2/c11-7-9-8-1-2-10-3-5-12-6-4-10/h7-8H,1-6H2,(H,9,11). The second-order valence-corrected chi connectivity index (χ2v) is 2.64. The van der Waals surface area contributed by atoms with Crippen LogP contribution in [0.5, 0.6) is 0 Å². The summed E-state index contributed by atoms with van der Waals surface area (Å²) in [5.74, 6) is 0. The lowest BCUT2D eigenvalue weighted by atomic mass is 10.4. The number of morpholine rings is 1. The van der Waals surface area contributed by atoms with Gasteiger partial charge in [-0.1, -0.05) is 0 Å². The number of hydrogen-bond donors (Lipinski definition) is 2. The number of amides is 1. The van der Waals surface area contributed by atoms with Crippen molar-refractivity contribution >= 4 is 6.41 Å². The van der Waals surface area contributed by atoms with Crippen LogP contribution in [0.3, 0.4) is 0 Å². The van der Waals surface area contributed by atoms with Crippen LogP contribution < -0.4 is 10.9 Å². The van der Waals surface area contributed by atoms with Crippen LogP contribution in [0.2, 0.25) is 0 Å². The molecule has 0 aromatic rings. The van der Waals surface area contributed by atoms with Gasteiger partial charge in [0, 0.05) is 26.2 Å². The summed E-state index contributed by atoms with van der Waals surface area (Å²) < 4.78 is 5.19. The molecule has 0 aromatic carbocycles. The minimum absolute atomic E-state index is 0.638. The summed E-state index contributed by atoms with van der Waals surface area (Å²) >= 11 is 0. The average Bonchev–Trinajstić information content (AvgIpc) is 2.14. The number of hydrazine groups is 1. The molecular formula is C7H15N3O2. The predicted molar refractivity (Wildman–Crippen MR) is 44.5 cm³/mol. The van der Waals surface area contributed by atoms with Crippen LogP contribution >= 0.6 is 0 Å². The van der Waals surface area contributed by atoms with E-state index in [1.54, 1.807) is 0 Å². The molecule has 0 aromatic heterocycles. The Hall–Kier alpha value is -0.650. The van der Waals surface area contributed by atoms with E-state index in [-0.39, 0.29) is 0 Å². The Morgan fingerprint density at radius 3 is 2.83 bits per heavy atom. The molecule has 1 saturated heterocycles. The smallest absolute Gasteiger partial charge is 0.221 e. The first-order valence-corrected chi connectivity index (χ1v) is 4.15. The summed E-state index contributed by atoms with van der Waals surface area (Å²) in [4.78, 5) is 12.1. The summed E-state index contributed by atoms with van der Waals surface area (Å²) in [6.07, 6.45) is 0.638. The third-order valence-electron chi connectivity index (χ3n) is 1.82. The van der Waals surface area contributed by atoms with Crippen molar-refractivity contribution in [1.29, 1.82) is 0 Å². The zero-order chi connectivity index (χ0) is 8.65. The van der Waals surface area contributed by atoms with Crippen LogP contribution in [0.15, 0.2) is 0 Å². The molecule has 0 aliphatic carbocycles. The van der Waals surface area contributed by atoms with Crippen molar-refractivity contribution in [2.24, 2.45) is 0 Å². The van der Waals surface area contributed by atoms with Gasteiger partial charge < -0.3 is 4.74 Å². The highest BCUT2D eigenvalue weighted by Gasteiger charge is 2.08. The second-order valence-electron chi connectivity index (χ2n) is 2.64. The van der Waals surface area contributed by atoms with Crippen LogP contribution in [0.1, 0.15) is 0 Å². The molecule has 0 atom stereocenters. The summed E-state index contributed by atoms with van der Waals surface area (Å²) in [5, 5.41) is 0. The van der Waals surface area contributed by atoms with Crippen LogP contribution in [0.4, 0.5) is 0 Å². The minimum Gasteiger partial charge on any atom is -0.379 e. The third kappa shape index (κ3) is 3.66. The molecule has 5 heteroatoms. The van der Waals surface area contributed by atoms with Gasteiger partial charge in [0.1, 0.15) is 0 Å². The van der Waals surface area contributed by atoms with Gasteiger partial charge >= 0.3 is 0 Å². The fourth-order valence-electron chi connectivity index (χ4n) is 1.15. The van der Waals surface area contributed by atoms with E-state index in [0.717, 1.165) is 39.4 Å². The number of rotatable bonds is 5. The molecule has 0 radical (unpaired) electrons. The molecule has 1 aliphatic rings. The maximum absolute atomic E-state index is 9.85. The van der Waals surface area contributed by atoms with Crippen molar-refractivity contribution in [3.8, 4) is 0 Å². The zero-order valence-electron chi connectivity index (χ0n) is 7.08. The number of carbonyl (C=O) groups is 1. The maximum Gasteiger partial charge on any atom is 0.221 e. The van der Waals surface area contributed by atoms with E-state index in [1.165, 1.54) is 0 Å². The zero-order valence-corrected chi connectivity index (χ0v) is 7.08. The summed E-state index contributed by atoms with van der Waals surface area (Å²) in [7, 11) is 0. The normalized spacial score (nSPS) is 19.0. The van der Waals surface area contributed by atoms with Gasteiger partial charge in [0.25, 0.3) is 0 Å². The van der Waals surface area contributed by atoms with Crippen LogP contribution in [0, 0.1) is 0 Å². The predicted octanol–water partition coefficient (Wildman–Crippen LogP) is -1.43. The van der Waals surface area contributed by atoms with Crippen molar-refractivity contribution in [2.45, 2.75) is 0 Å². The van der Waals surface area contributed by atoms with Gasteiger partial charge in [-0.3, -0.25) is 15.1 Å². The molecule has 2 N–H and O–H groups in total. The summed E-state index contributed by atoms with van der Waals surface area (Å²) in [6.45, 7) is 5.34. The third-order valence-corrected chi connectivity index (χ3v) is 1.82. The van der Waals surface area contributed by atoms with Crippen molar-refractivity contribution < 1.29 is 9.53 Å². The molecule has 70 valence electrons. The Balaban J connectivity index is 1.94. The highest BCUT2D eigenvalue weighted by atomic mass is 16.5. The number of nitrogens with one attached hydrogen (secondary N) is 2. The molecule has 1 fully saturated rings. The maximum atomic E-state index is 9.85.